The van der Waals surface area contributed by atoms with E-state index >= 15 is 0 Å². The molecule has 0 heterocycles. The van der Waals surface area contributed by atoms with Crippen LogP contribution in [0.4, 0.5) is 5.69 Å². The third-order valence-corrected chi connectivity index (χ3v) is 1.79. The molecule has 0 bridgehead atoms. The third-order valence-electron chi connectivity index (χ3n) is 1.79. The highest BCUT2D eigenvalue weighted by Gasteiger charge is 2.07. The lowest BCUT2D eigenvalue weighted by Crippen LogP contribution is -2.02. The van der Waals surface area contributed by atoms with E-state index in [1.807, 2.05) is 0 Å². The molecule has 0 atom stereocenters. The van der Waals surface area contributed by atoms with Crippen LogP contribution in [0.3, 0.4) is 0 Å². The molecule has 4 nitrogen and oxygen atoms in total. The van der Waals surface area contributed by atoms with Crippen LogP contribution in [0.15, 0.2) is 18.2 Å². The van der Waals surface area contributed by atoms with Crippen molar-refractivity contribution in [2.75, 3.05) is 12.3 Å². The monoisotopic (exact) mass is 204 g/mol. The van der Waals surface area contributed by atoms with Gasteiger partial charge in [0.25, 0.3) is 0 Å². The molecule has 0 unspecified atom stereocenters. The van der Waals surface area contributed by atoms with Crippen molar-refractivity contribution in [2.45, 2.75) is 6.42 Å². The first-order valence-electron chi connectivity index (χ1n) is 4.47. The summed E-state index contributed by atoms with van der Waals surface area (Å²) in [6.45, 7) is 0.494. The van der Waals surface area contributed by atoms with Crippen LogP contribution in [0.1, 0.15) is 22.3 Å². The first-order valence-corrected chi connectivity index (χ1v) is 4.47. The van der Waals surface area contributed by atoms with Gasteiger partial charge < -0.3 is 16.6 Å². The molecule has 0 spiro atoms. The van der Waals surface area contributed by atoms with Crippen molar-refractivity contribution < 1.29 is 9.90 Å². The maximum Gasteiger partial charge on any atom is 0.337 e. The average molecular weight is 204 g/mol. The Hall–Kier alpha value is -1.99. The SMILES string of the molecule is NCCC#Cc1ccc(N)c(C(=O)O)c1. The van der Waals surface area contributed by atoms with Gasteiger partial charge in [0.1, 0.15) is 0 Å². The molecular formula is C11H12N2O2. The molecule has 1 rings (SSSR count). The predicted octanol–water partition coefficient (Wildman–Crippen LogP) is 0.667. The summed E-state index contributed by atoms with van der Waals surface area (Å²) in [5.74, 6) is 4.60. The number of rotatable bonds is 2. The number of benzene rings is 1. The number of carboxylic acids is 1. The molecule has 4 heteroatoms. The Morgan fingerprint density at radius 2 is 2.20 bits per heavy atom. The normalized spacial score (nSPS) is 9.13. The highest BCUT2D eigenvalue weighted by atomic mass is 16.4. The number of nitrogens with two attached hydrogens (primary N) is 2. The van der Waals surface area contributed by atoms with Crippen molar-refractivity contribution in [3.63, 3.8) is 0 Å². The van der Waals surface area contributed by atoms with Gasteiger partial charge in [0.2, 0.25) is 0 Å². The van der Waals surface area contributed by atoms with Crippen LogP contribution in [0.25, 0.3) is 0 Å². The van der Waals surface area contributed by atoms with E-state index in [9.17, 15) is 4.79 Å². The summed E-state index contributed by atoms with van der Waals surface area (Å²) in [6, 6.07) is 4.68. The Morgan fingerprint density at radius 1 is 1.47 bits per heavy atom. The Labute approximate surface area is 87.9 Å². The standard InChI is InChI=1S/C11H12N2O2/c12-6-2-1-3-8-4-5-10(13)9(7-8)11(14)15/h4-5,7H,2,6,12-13H2,(H,14,15). The van der Waals surface area contributed by atoms with Crippen LogP contribution in [-0.2, 0) is 0 Å². The Kier molecular flexibility index (Phi) is 3.72. The zero-order chi connectivity index (χ0) is 11.3. The van der Waals surface area contributed by atoms with E-state index in [1.54, 1.807) is 6.07 Å². The molecule has 0 saturated carbocycles. The van der Waals surface area contributed by atoms with Gasteiger partial charge in [-0.05, 0) is 18.2 Å². The van der Waals surface area contributed by atoms with Crippen molar-refractivity contribution in [3.05, 3.63) is 29.3 Å². The summed E-state index contributed by atoms with van der Waals surface area (Å²) >= 11 is 0. The van der Waals surface area contributed by atoms with Crippen molar-refractivity contribution >= 4 is 11.7 Å². The lowest BCUT2D eigenvalue weighted by Gasteiger charge is -2.00. The van der Waals surface area contributed by atoms with Crippen molar-refractivity contribution in [1.29, 1.82) is 0 Å². The molecule has 0 amide bonds. The second kappa shape index (κ2) is 5.03. The minimum absolute atomic E-state index is 0.0783. The number of hydrogen-bond acceptors (Lipinski definition) is 3. The molecule has 78 valence electrons. The number of nitrogen functional groups attached to an aromatic ring is 1. The highest BCUT2D eigenvalue weighted by Crippen LogP contribution is 2.13. The van der Waals surface area contributed by atoms with Gasteiger partial charge >= 0.3 is 5.97 Å². The molecule has 5 N–H and O–H groups in total. The fourth-order valence-corrected chi connectivity index (χ4v) is 1.06. The molecule has 0 aliphatic carbocycles. The number of hydrogen-bond donors (Lipinski definition) is 3. The van der Waals surface area contributed by atoms with E-state index in [2.05, 4.69) is 11.8 Å². The van der Waals surface area contributed by atoms with Gasteiger partial charge in [-0.15, -0.1) is 0 Å². The van der Waals surface area contributed by atoms with Crippen LogP contribution >= 0.6 is 0 Å². The van der Waals surface area contributed by atoms with E-state index < -0.39 is 5.97 Å². The van der Waals surface area contributed by atoms with Gasteiger partial charge in [-0.2, -0.15) is 0 Å². The van der Waals surface area contributed by atoms with Crippen molar-refractivity contribution in [3.8, 4) is 11.8 Å². The summed E-state index contributed by atoms with van der Waals surface area (Å²) < 4.78 is 0. The molecule has 0 aromatic heterocycles. The van der Waals surface area contributed by atoms with E-state index in [1.165, 1.54) is 12.1 Å². The zero-order valence-corrected chi connectivity index (χ0v) is 8.16. The number of aromatic carboxylic acids is 1. The first kappa shape index (κ1) is 11.1. The Balaban J connectivity index is 2.99. The number of carbonyl (C=O) groups is 1. The average Bonchev–Trinajstić information content (AvgIpc) is 2.20. The third kappa shape index (κ3) is 3.01. The minimum atomic E-state index is -1.05. The number of carboxylic acid groups (broad SMARTS) is 1. The van der Waals surface area contributed by atoms with Crippen LogP contribution in [0.2, 0.25) is 0 Å². The molecule has 0 saturated heterocycles. The van der Waals surface area contributed by atoms with Crippen LogP contribution in [0.5, 0.6) is 0 Å². The van der Waals surface area contributed by atoms with Gasteiger partial charge in [0.15, 0.2) is 0 Å². The molecule has 0 aliphatic rings. The molecule has 0 fully saturated rings. The molecule has 0 aliphatic heterocycles. The molecular weight excluding hydrogens is 192 g/mol. The molecule has 1 aromatic carbocycles. The predicted molar refractivity (Wildman–Crippen MR) is 58.4 cm³/mol. The van der Waals surface area contributed by atoms with Crippen LogP contribution in [0, 0.1) is 11.8 Å². The summed E-state index contributed by atoms with van der Waals surface area (Å²) in [5, 5.41) is 8.81. The quantitative estimate of drug-likeness (QED) is 0.488. The lowest BCUT2D eigenvalue weighted by molar-refractivity contribution is 0.0698. The van der Waals surface area contributed by atoms with E-state index in [0.717, 1.165) is 0 Å². The first-order chi connectivity index (χ1) is 7.15. The van der Waals surface area contributed by atoms with Gasteiger partial charge in [-0.1, -0.05) is 11.8 Å². The highest BCUT2D eigenvalue weighted by molar-refractivity contribution is 5.94. The zero-order valence-electron chi connectivity index (χ0n) is 8.16. The van der Waals surface area contributed by atoms with Crippen LogP contribution < -0.4 is 11.5 Å². The van der Waals surface area contributed by atoms with E-state index in [0.29, 0.717) is 18.5 Å². The minimum Gasteiger partial charge on any atom is -0.478 e. The van der Waals surface area contributed by atoms with Gasteiger partial charge in [-0.25, -0.2) is 4.79 Å². The molecule has 0 radical (unpaired) electrons. The van der Waals surface area contributed by atoms with Crippen LogP contribution in [-0.4, -0.2) is 17.6 Å². The topological polar surface area (TPSA) is 89.3 Å². The summed E-state index contributed by atoms with van der Waals surface area (Å²) in [7, 11) is 0. The Bertz CT molecular complexity index is 430. The maximum atomic E-state index is 10.8. The van der Waals surface area contributed by atoms with E-state index in [-0.39, 0.29) is 11.3 Å². The second-order valence-corrected chi connectivity index (χ2v) is 2.95. The lowest BCUT2D eigenvalue weighted by atomic mass is 10.1. The van der Waals surface area contributed by atoms with Crippen molar-refractivity contribution in [2.24, 2.45) is 5.73 Å². The molecule has 1 aromatic rings. The van der Waals surface area contributed by atoms with Crippen molar-refractivity contribution in [1.82, 2.24) is 0 Å². The smallest absolute Gasteiger partial charge is 0.337 e. The van der Waals surface area contributed by atoms with E-state index in [4.69, 9.17) is 16.6 Å². The van der Waals surface area contributed by atoms with Gasteiger partial charge in [-0.3, -0.25) is 0 Å². The second-order valence-electron chi connectivity index (χ2n) is 2.95. The fraction of sp³-hybridized carbons (Fsp3) is 0.182. The largest absolute Gasteiger partial charge is 0.478 e. The summed E-state index contributed by atoms with van der Waals surface area (Å²) in [6.07, 6.45) is 0.590. The Morgan fingerprint density at radius 3 is 2.80 bits per heavy atom. The van der Waals surface area contributed by atoms with Gasteiger partial charge in [0.05, 0.1) is 5.56 Å². The maximum absolute atomic E-state index is 10.8. The molecule has 15 heavy (non-hydrogen) atoms. The number of anilines is 1. The summed E-state index contributed by atoms with van der Waals surface area (Å²) in [4.78, 5) is 10.8. The fourth-order valence-electron chi connectivity index (χ4n) is 1.06. The van der Waals surface area contributed by atoms with Gasteiger partial charge in [0, 0.05) is 24.2 Å². The summed E-state index contributed by atoms with van der Waals surface area (Å²) in [5.41, 5.74) is 11.7.